The molecule has 3 rings (SSSR count). The minimum atomic E-state index is -0.497. The maximum absolute atomic E-state index is 12.4. The number of hydrogen-bond donors (Lipinski definition) is 0. The zero-order chi connectivity index (χ0) is 24.1. The Morgan fingerprint density at radius 2 is 1.52 bits per heavy atom. The van der Waals surface area contributed by atoms with E-state index in [2.05, 4.69) is 13.5 Å². The molecular formula is C26H32O7. The molecule has 7 nitrogen and oxygen atoms in total. The average Bonchev–Trinajstić information content (AvgIpc) is 2.84. The van der Waals surface area contributed by atoms with Crippen LogP contribution in [0.15, 0.2) is 61.2 Å². The van der Waals surface area contributed by atoms with E-state index < -0.39 is 11.9 Å². The summed E-state index contributed by atoms with van der Waals surface area (Å²) in [5, 5.41) is 0. The topological polar surface area (TPSA) is 80.3 Å². The van der Waals surface area contributed by atoms with Gasteiger partial charge in [-0.3, -0.25) is 0 Å². The SMILES string of the molecule is C=CC(=O)OCCOc1ccc(OC(=O)c2ccc(OCC3(CC)COC3)cc2)cc1.CC. The first-order chi connectivity index (χ1) is 16.0. The third-order valence-electron chi connectivity index (χ3n) is 5.00. The standard InChI is InChI=1S/C24H26O7.C2H6/c1-3-22(25)29-14-13-28-19-9-11-21(12-10-19)31-23(26)18-5-7-20(8-6-18)30-17-24(4-2)15-27-16-24;1-2/h3,5-12H,1,4,13-17H2,2H3;1-2H3. The Morgan fingerprint density at radius 1 is 0.939 bits per heavy atom. The molecule has 0 amide bonds. The van der Waals surface area contributed by atoms with Crippen molar-refractivity contribution in [3.63, 3.8) is 0 Å². The van der Waals surface area contributed by atoms with Gasteiger partial charge in [-0.05, 0) is 55.0 Å². The number of ether oxygens (including phenoxy) is 5. The van der Waals surface area contributed by atoms with Crippen LogP contribution in [0.3, 0.4) is 0 Å². The van der Waals surface area contributed by atoms with Gasteiger partial charge in [-0.1, -0.05) is 27.4 Å². The van der Waals surface area contributed by atoms with Crippen LogP contribution in [0.1, 0.15) is 37.6 Å². The summed E-state index contributed by atoms with van der Waals surface area (Å²) in [5.74, 6) is 0.706. The second kappa shape index (κ2) is 13.3. The summed E-state index contributed by atoms with van der Waals surface area (Å²) in [6.45, 7) is 11.8. The molecule has 1 fully saturated rings. The molecule has 7 heteroatoms. The lowest BCUT2D eigenvalue weighted by Crippen LogP contribution is -2.46. The first-order valence-electron chi connectivity index (χ1n) is 11.1. The average molecular weight is 457 g/mol. The number of carbonyl (C=O) groups excluding carboxylic acids is 2. The molecule has 1 heterocycles. The predicted molar refractivity (Wildman–Crippen MR) is 125 cm³/mol. The highest BCUT2D eigenvalue weighted by molar-refractivity contribution is 5.91. The van der Waals surface area contributed by atoms with Crippen LogP contribution in [0.4, 0.5) is 0 Å². The van der Waals surface area contributed by atoms with Gasteiger partial charge in [0, 0.05) is 6.08 Å². The molecule has 2 aromatic carbocycles. The van der Waals surface area contributed by atoms with Crippen molar-refractivity contribution in [1.82, 2.24) is 0 Å². The van der Waals surface area contributed by atoms with Crippen LogP contribution in [-0.2, 0) is 14.3 Å². The lowest BCUT2D eigenvalue weighted by Gasteiger charge is -2.40. The quantitative estimate of drug-likeness (QED) is 0.207. The van der Waals surface area contributed by atoms with Crippen LogP contribution < -0.4 is 14.2 Å². The van der Waals surface area contributed by atoms with Crippen molar-refractivity contribution in [2.24, 2.45) is 5.41 Å². The molecule has 2 aromatic rings. The summed E-state index contributed by atoms with van der Waals surface area (Å²) in [6.07, 6.45) is 2.10. The van der Waals surface area contributed by atoms with E-state index >= 15 is 0 Å². The molecule has 1 aliphatic heterocycles. The molecular weight excluding hydrogens is 424 g/mol. The third kappa shape index (κ3) is 7.95. The minimum Gasteiger partial charge on any atom is -0.493 e. The molecule has 33 heavy (non-hydrogen) atoms. The summed E-state index contributed by atoms with van der Waals surface area (Å²) >= 11 is 0. The summed E-state index contributed by atoms with van der Waals surface area (Å²) in [7, 11) is 0. The van der Waals surface area contributed by atoms with Crippen LogP contribution in [-0.4, -0.2) is 45.0 Å². The van der Waals surface area contributed by atoms with Gasteiger partial charge in [0.15, 0.2) is 0 Å². The Balaban J connectivity index is 0.00000187. The fourth-order valence-electron chi connectivity index (χ4n) is 2.83. The second-order valence-corrected chi connectivity index (χ2v) is 7.24. The second-order valence-electron chi connectivity index (χ2n) is 7.24. The highest BCUT2D eigenvalue weighted by Crippen LogP contribution is 2.32. The molecule has 0 N–H and O–H groups in total. The molecule has 0 unspecified atom stereocenters. The van der Waals surface area contributed by atoms with Crippen LogP contribution in [0, 0.1) is 5.41 Å². The van der Waals surface area contributed by atoms with E-state index in [1.165, 1.54) is 0 Å². The van der Waals surface area contributed by atoms with Gasteiger partial charge in [-0.25, -0.2) is 9.59 Å². The van der Waals surface area contributed by atoms with Gasteiger partial charge < -0.3 is 23.7 Å². The lowest BCUT2D eigenvalue weighted by molar-refractivity contribution is -0.138. The van der Waals surface area contributed by atoms with Crippen LogP contribution >= 0.6 is 0 Å². The number of rotatable bonds is 11. The molecule has 0 saturated carbocycles. The zero-order valence-electron chi connectivity index (χ0n) is 19.5. The van der Waals surface area contributed by atoms with E-state index in [1.54, 1.807) is 48.5 Å². The van der Waals surface area contributed by atoms with Crippen molar-refractivity contribution in [3.05, 3.63) is 66.7 Å². The Bertz CT molecular complexity index is 878. The maximum Gasteiger partial charge on any atom is 0.343 e. The Hall–Kier alpha value is -3.32. The van der Waals surface area contributed by atoms with Crippen molar-refractivity contribution in [2.45, 2.75) is 27.2 Å². The molecule has 0 aromatic heterocycles. The molecule has 0 spiro atoms. The molecule has 1 aliphatic rings. The Labute approximate surface area is 195 Å². The molecule has 1 saturated heterocycles. The summed E-state index contributed by atoms with van der Waals surface area (Å²) in [6, 6.07) is 13.5. The number of esters is 2. The molecule has 0 aliphatic carbocycles. The largest absolute Gasteiger partial charge is 0.493 e. The van der Waals surface area contributed by atoms with Gasteiger partial charge in [0.1, 0.15) is 30.5 Å². The number of carbonyl (C=O) groups is 2. The Kier molecular flexibility index (Phi) is 10.4. The van der Waals surface area contributed by atoms with E-state index in [-0.39, 0.29) is 18.6 Å². The third-order valence-corrected chi connectivity index (χ3v) is 5.00. The first kappa shape index (κ1) is 25.9. The van der Waals surface area contributed by atoms with Crippen molar-refractivity contribution in [2.75, 3.05) is 33.0 Å². The maximum atomic E-state index is 12.4. The monoisotopic (exact) mass is 456 g/mol. The normalized spacial score (nSPS) is 13.4. The lowest BCUT2D eigenvalue weighted by atomic mass is 9.84. The summed E-state index contributed by atoms with van der Waals surface area (Å²) in [5.41, 5.74) is 0.526. The fraction of sp³-hybridized carbons (Fsp3) is 0.385. The highest BCUT2D eigenvalue weighted by atomic mass is 16.6. The van der Waals surface area contributed by atoms with E-state index in [0.29, 0.717) is 29.4 Å². The van der Waals surface area contributed by atoms with E-state index in [4.69, 9.17) is 23.7 Å². The van der Waals surface area contributed by atoms with Gasteiger partial charge in [0.2, 0.25) is 0 Å². The van der Waals surface area contributed by atoms with Gasteiger partial charge >= 0.3 is 11.9 Å². The number of hydrogen-bond acceptors (Lipinski definition) is 7. The Morgan fingerprint density at radius 3 is 2.06 bits per heavy atom. The van der Waals surface area contributed by atoms with E-state index in [9.17, 15) is 9.59 Å². The molecule has 178 valence electrons. The van der Waals surface area contributed by atoms with Crippen molar-refractivity contribution in [3.8, 4) is 17.2 Å². The van der Waals surface area contributed by atoms with E-state index in [1.807, 2.05) is 13.8 Å². The smallest absolute Gasteiger partial charge is 0.343 e. The van der Waals surface area contributed by atoms with Gasteiger partial charge in [-0.2, -0.15) is 0 Å². The summed E-state index contributed by atoms with van der Waals surface area (Å²) < 4.78 is 26.8. The summed E-state index contributed by atoms with van der Waals surface area (Å²) in [4.78, 5) is 23.3. The van der Waals surface area contributed by atoms with Crippen LogP contribution in [0.2, 0.25) is 0 Å². The minimum absolute atomic E-state index is 0.101. The van der Waals surface area contributed by atoms with Crippen molar-refractivity contribution >= 4 is 11.9 Å². The number of benzene rings is 2. The van der Waals surface area contributed by atoms with Crippen molar-refractivity contribution < 1.29 is 33.3 Å². The predicted octanol–water partition coefficient (Wildman–Crippen LogP) is 4.85. The molecule has 0 atom stereocenters. The molecule has 0 radical (unpaired) electrons. The molecule has 0 bridgehead atoms. The van der Waals surface area contributed by atoms with Crippen LogP contribution in [0.5, 0.6) is 17.2 Å². The van der Waals surface area contributed by atoms with Gasteiger partial charge in [0.05, 0.1) is 30.8 Å². The highest BCUT2D eigenvalue weighted by Gasteiger charge is 2.37. The first-order valence-corrected chi connectivity index (χ1v) is 11.1. The van der Waals surface area contributed by atoms with Crippen LogP contribution in [0.25, 0.3) is 0 Å². The van der Waals surface area contributed by atoms with Gasteiger partial charge in [0.25, 0.3) is 0 Å². The zero-order valence-corrected chi connectivity index (χ0v) is 19.5. The van der Waals surface area contributed by atoms with E-state index in [0.717, 1.165) is 25.7 Å². The fourth-order valence-corrected chi connectivity index (χ4v) is 2.83. The van der Waals surface area contributed by atoms with Gasteiger partial charge in [-0.15, -0.1) is 0 Å². The van der Waals surface area contributed by atoms with Crippen molar-refractivity contribution in [1.29, 1.82) is 0 Å².